The van der Waals surface area contributed by atoms with Crippen molar-refractivity contribution in [1.82, 2.24) is 5.32 Å². The number of rotatable bonds is 3. The molecule has 25 heavy (non-hydrogen) atoms. The molecule has 134 valence electrons. The number of carbonyl (C=O) groups excluding carboxylic acids is 2. The van der Waals surface area contributed by atoms with E-state index in [0.29, 0.717) is 15.8 Å². The number of anilines is 1. The van der Waals surface area contributed by atoms with Crippen LogP contribution in [-0.4, -0.2) is 23.2 Å². The summed E-state index contributed by atoms with van der Waals surface area (Å²) in [4.78, 5) is 26.0. The lowest BCUT2D eigenvalue weighted by molar-refractivity contribution is -0.115. The topological polar surface area (TPSA) is 49.4 Å². The first-order valence-electron chi connectivity index (χ1n) is 8.59. The third-order valence-corrected chi connectivity index (χ3v) is 6.02. The quantitative estimate of drug-likeness (QED) is 0.737. The van der Waals surface area contributed by atoms with E-state index in [9.17, 15) is 9.59 Å². The average molecular weight is 379 g/mol. The van der Waals surface area contributed by atoms with Gasteiger partial charge in [-0.2, -0.15) is 0 Å². The zero-order valence-corrected chi connectivity index (χ0v) is 16.6. The number of nitrogens with one attached hydrogen (secondary N) is 1. The molecule has 4 nitrogen and oxygen atoms in total. The fourth-order valence-corrected chi connectivity index (χ4v) is 4.73. The van der Waals surface area contributed by atoms with Gasteiger partial charge in [-0.3, -0.25) is 14.9 Å². The third-order valence-electron chi connectivity index (χ3n) is 4.88. The molecule has 1 atom stereocenters. The SMILES string of the molecule is CCCN1c2cc(Cl)c(/C=C3\SC(=O)NC3=O)cc2C(C)CC1(C)C. The summed E-state index contributed by atoms with van der Waals surface area (Å²) in [6.07, 6.45) is 3.84. The highest BCUT2D eigenvalue weighted by atomic mass is 35.5. The molecule has 2 amide bonds. The predicted molar refractivity (Wildman–Crippen MR) is 105 cm³/mol. The van der Waals surface area contributed by atoms with E-state index in [-0.39, 0.29) is 16.7 Å². The van der Waals surface area contributed by atoms with Crippen LogP contribution in [-0.2, 0) is 4.79 Å². The Bertz CT molecular complexity index is 773. The van der Waals surface area contributed by atoms with Crippen molar-refractivity contribution >= 4 is 46.3 Å². The molecule has 1 aromatic carbocycles. The highest BCUT2D eigenvalue weighted by Crippen LogP contribution is 2.45. The molecule has 2 aliphatic heterocycles. The van der Waals surface area contributed by atoms with Gasteiger partial charge < -0.3 is 4.90 Å². The highest BCUT2D eigenvalue weighted by Gasteiger charge is 2.36. The van der Waals surface area contributed by atoms with Crippen LogP contribution in [0.4, 0.5) is 10.5 Å². The minimum absolute atomic E-state index is 0.0827. The van der Waals surface area contributed by atoms with Gasteiger partial charge >= 0.3 is 0 Å². The Balaban J connectivity index is 2.07. The van der Waals surface area contributed by atoms with Crippen LogP contribution in [0.5, 0.6) is 0 Å². The van der Waals surface area contributed by atoms with Crippen LogP contribution in [0.3, 0.4) is 0 Å². The summed E-state index contributed by atoms with van der Waals surface area (Å²) in [5.41, 5.74) is 3.30. The summed E-state index contributed by atoms with van der Waals surface area (Å²) < 4.78 is 0. The monoisotopic (exact) mass is 378 g/mol. The Morgan fingerprint density at radius 3 is 2.72 bits per heavy atom. The van der Waals surface area contributed by atoms with Crippen molar-refractivity contribution in [2.75, 3.05) is 11.4 Å². The lowest BCUT2D eigenvalue weighted by atomic mass is 9.79. The number of hydrogen-bond donors (Lipinski definition) is 1. The standard InChI is InChI=1S/C19H23ClN2O2S/c1-5-6-22-15-9-14(20)12(8-16-17(23)21-18(24)25-16)7-13(15)11(2)10-19(22,3)4/h7-9,11H,5-6,10H2,1-4H3,(H,21,23,24)/b16-8-. The van der Waals surface area contributed by atoms with Gasteiger partial charge in [-0.15, -0.1) is 0 Å². The average Bonchev–Trinajstić information content (AvgIpc) is 2.82. The Kier molecular flexibility index (Phi) is 4.91. The molecule has 1 aromatic rings. The van der Waals surface area contributed by atoms with E-state index >= 15 is 0 Å². The van der Waals surface area contributed by atoms with Gasteiger partial charge in [0.15, 0.2) is 0 Å². The number of halogens is 1. The van der Waals surface area contributed by atoms with Crippen molar-refractivity contribution in [1.29, 1.82) is 0 Å². The first-order chi connectivity index (χ1) is 11.7. The summed E-state index contributed by atoms with van der Waals surface area (Å²) in [6.45, 7) is 9.95. The Morgan fingerprint density at radius 2 is 2.12 bits per heavy atom. The predicted octanol–water partition coefficient (Wildman–Crippen LogP) is 5.17. The van der Waals surface area contributed by atoms with Gasteiger partial charge in [0.05, 0.1) is 4.91 Å². The first kappa shape index (κ1) is 18.3. The molecule has 0 radical (unpaired) electrons. The van der Waals surface area contributed by atoms with Crippen LogP contribution in [0.1, 0.15) is 57.6 Å². The van der Waals surface area contributed by atoms with E-state index < -0.39 is 0 Å². The number of thioether (sulfide) groups is 1. The smallest absolute Gasteiger partial charge is 0.290 e. The van der Waals surface area contributed by atoms with E-state index in [1.54, 1.807) is 6.08 Å². The van der Waals surface area contributed by atoms with Gasteiger partial charge in [0.2, 0.25) is 0 Å². The number of imide groups is 1. The zero-order valence-electron chi connectivity index (χ0n) is 15.0. The van der Waals surface area contributed by atoms with Gasteiger partial charge in [-0.05, 0) is 73.7 Å². The highest BCUT2D eigenvalue weighted by molar-refractivity contribution is 8.18. The molecular formula is C19H23ClN2O2S. The summed E-state index contributed by atoms with van der Waals surface area (Å²) in [6, 6.07) is 4.08. The van der Waals surface area contributed by atoms with Crippen molar-refractivity contribution in [3.8, 4) is 0 Å². The summed E-state index contributed by atoms with van der Waals surface area (Å²) in [5.74, 6) is 0.0461. The van der Waals surface area contributed by atoms with Gasteiger partial charge in [-0.1, -0.05) is 25.4 Å². The minimum Gasteiger partial charge on any atom is -0.366 e. The fourth-order valence-electron chi connectivity index (χ4n) is 3.84. The number of benzene rings is 1. The van der Waals surface area contributed by atoms with E-state index in [1.165, 1.54) is 11.3 Å². The van der Waals surface area contributed by atoms with E-state index in [1.807, 2.05) is 6.07 Å². The minimum atomic E-state index is -0.356. The molecule has 0 aromatic heterocycles. The molecule has 0 saturated carbocycles. The maximum atomic E-state index is 11.8. The van der Waals surface area contributed by atoms with Crippen molar-refractivity contribution in [3.05, 3.63) is 33.2 Å². The number of amides is 2. The van der Waals surface area contributed by atoms with E-state index in [4.69, 9.17) is 11.6 Å². The van der Waals surface area contributed by atoms with Crippen LogP contribution in [0, 0.1) is 0 Å². The van der Waals surface area contributed by atoms with Crippen molar-refractivity contribution in [2.45, 2.75) is 52.0 Å². The first-order valence-corrected chi connectivity index (χ1v) is 9.78. The molecule has 3 rings (SSSR count). The lowest BCUT2D eigenvalue weighted by Crippen LogP contribution is -2.48. The largest absolute Gasteiger partial charge is 0.366 e. The van der Waals surface area contributed by atoms with Crippen LogP contribution in [0.2, 0.25) is 5.02 Å². The van der Waals surface area contributed by atoms with Gasteiger partial charge in [0.1, 0.15) is 0 Å². The third kappa shape index (κ3) is 3.44. The number of hydrogen-bond acceptors (Lipinski definition) is 4. The maximum Gasteiger partial charge on any atom is 0.290 e. The van der Waals surface area contributed by atoms with Crippen LogP contribution in [0.15, 0.2) is 17.0 Å². The second-order valence-electron chi connectivity index (χ2n) is 7.35. The molecule has 0 bridgehead atoms. The number of carbonyl (C=O) groups is 2. The molecule has 6 heteroatoms. The molecule has 2 heterocycles. The molecule has 2 aliphatic rings. The van der Waals surface area contributed by atoms with E-state index in [2.05, 4.69) is 44.0 Å². The van der Waals surface area contributed by atoms with Crippen LogP contribution < -0.4 is 10.2 Å². The zero-order chi connectivity index (χ0) is 18.4. The second-order valence-corrected chi connectivity index (χ2v) is 8.78. The molecule has 1 N–H and O–H groups in total. The Morgan fingerprint density at radius 1 is 1.40 bits per heavy atom. The maximum absolute atomic E-state index is 11.8. The van der Waals surface area contributed by atoms with Crippen LogP contribution in [0.25, 0.3) is 6.08 Å². The number of fused-ring (bicyclic) bond motifs is 1. The van der Waals surface area contributed by atoms with Crippen molar-refractivity contribution in [3.63, 3.8) is 0 Å². The fraction of sp³-hybridized carbons (Fsp3) is 0.474. The van der Waals surface area contributed by atoms with Crippen molar-refractivity contribution < 1.29 is 9.59 Å². The summed E-state index contributed by atoms with van der Waals surface area (Å²) in [5, 5.41) is 2.54. The lowest BCUT2D eigenvalue weighted by Gasteiger charge is -2.47. The molecule has 1 saturated heterocycles. The Labute approximate surface area is 158 Å². The van der Waals surface area contributed by atoms with Crippen molar-refractivity contribution in [2.24, 2.45) is 0 Å². The summed E-state index contributed by atoms with van der Waals surface area (Å²) in [7, 11) is 0. The van der Waals surface area contributed by atoms with Gasteiger partial charge in [0.25, 0.3) is 11.1 Å². The van der Waals surface area contributed by atoms with Gasteiger partial charge in [-0.25, -0.2) is 0 Å². The molecule has 0 spiro atoms. The van der Waals surface area contributed by atoms with Crippen LogP contribution >= 0.6 is 23.4 Å². The molecule has 0 aliphatic carbocycles. The second kappa shape index (κ2) is 6.69. The Hall–Kier alpha value is -1.46. The van der Waals surface area contributed by atoms with Gasteiger partial charge in [0, 0.05) is 22.8 Å². The number of nitrogens with zero attached hydrogens (tertiary/aromatic N) is 1. The molecular weight excluding hydrogens is 356 g/mol. The molecule has 1 unspecified atom stereocenters. The normalized spacial score (nSPS) is 23.8. The summed E-state index contributed by atoms with van der Waals surface area (Å²) >= 11 is 7.45. The van der Waals surface area contributed by atoms with E-state index in [0.717, 1.165) is 36.7 Å². The molecule has 1 fully saturated rings.